The first kappa shape index (κ1) is 12.6. The molecule has 0 radical (unpaired) electrons. The molecule has 1 unspecified atom stereocenters. The molecule has 0 bridgehead atoms. The lowest BCUT2D eigenvalue weighted by Crippen LogP contribution is -2.29. The van der Waals surface area contributed by atoms with E-state index in [1.807, 2.05) is 6.92 Å². The third-order valence-electron chi connectivity index (χ3n) is 2.32. The van der Waals surface area contributed by atoms with Crippen LogP contribution >= 0.6 is 0 Å². The van der Waals surface area contributed by atoms with E-state index in [0.29, 0.717) is 17.7 Å². The number of nitrogens with two attached hydrogens (primary N) is 1. The van der Waals surface area contributed by atoms with Crippen molar-refractivity contribution in [2.75, 3.05) is 6.54 Å². The molecule has 0 spiro atoms. The summed E-state index contributed by atoms with van der Waals surface area (Å²) < 4.78 is 12.8. The first-order chi connectivity index (χ1) is 7.50. The molecule has 4 heteroatoms. The third-order valence-corrected chi connectivity index (χ3v) is 2.32. The van der Waals surface area contributed by atoms with Gasteiger partial charge < -0.3 is 11.1 Å². The molecule has 88 valence electrons. The average molecular weight is 224 g/mol. The van der Waals surface area contributed by atoms with Crippen molar-refractivity contribution in [1.29, 1.82) is 0 Å². The van der Waals surface area contributed by atoms with E-state index in [9.17, 15) is 9.18 Å². The molecule has 0 saturated heterocycles. The normalized spacial score (nSPS) is 12.2. The van der Waals surface area contributed by atoms with Gasteiger partial charge in [-0.2, -0.15) is 0 Å². The first-order valence-corrected chi connectivity index (χ1v) is 5.30. The number of carbonyl (C=O) groups is 1. The number of aryl methyl sites for hydroxylation is 1. The summed E-state index contributed by atoms with van der Waals surface area (Å²) in [6, 6.07) is 4.19. The highest BCUT2D eigenvalue weighted by atomic mass is 19.1. The molecule has 0 aliphatic rings. The van der Waals surface area contributed by atoms with E-state index in [4.69, 9.17) is 5.73 Å². The van der Waals surface area contributed by atoms with Gasteiger partial charge in [0.05, 0.1) is 0 Å². The Labute approximate surface area is 94.8 Å². The molecular weight excluding hydrogens is 207 g/mol. The van der Waals surface area contributed by atoms with Crippen LogP contribution in [-0.4, -0.2) is 18.5 Å². The fourth-order valence-electron chi connectivity index (χ4n) is 1.39. The number of hydrogen-bond donors (Lipinski definition) is 2. The summed E-state index contributed by atoms with van der Waals surface area (Å²) in [7, 11) is 0. The van der Waals surface area contributed by atoms with Gasteiger partial charge in [0.2, 0.25) is 0 Å². The van der Waals surface area contributed by atoms with Crippen LogP contribution < -0.4 is 11.1 Å². The van der Waals surface area contributed by atoms with Crippen molar-refractivity contribution in [2.24, 2.45) is 5.73 Å². The first-order valence-electron chi connectivity index (χ1n) is 5.30. The molecule has 0 aliphatic heterocycles. The van der Waals surface area contributed by atoms with E-state index in [-0.39, 0.29) is 17.8 Å². The number of hydrogen-bond acceptors (Lipinski definition) is 2. The monoisotopic (exact) mass is 224 g/mol. The van der Waals surface area contributed by atoms with E-state index in [2.05, 4.69) is 5.32 Å². The zero-order valence-corrected chi connectivity index (χ0v) is 9.59. The number of benzene rings is 1. The maximum Gasteiger partial charge on any atom is 0.251 e. The van der Waals surface area contributed by atoms with Crippen molar-refractivity contribution in [3.63, 3.8) is 0 Å². The fourth-order valence-corrected chi connectivity index (χ4v) is 1.39. The molecule has 0 heterocycles. The van der Waals surface area contributed by atoms with Gasteiger partial charge in [0.15, 0.2) is 0 Å². The maximum atomic E-state index is 12.8. The zero-order chi connectivity index (χ0) is 12.1. The molecule has 0 saturated carbocycles. The van der Waals surface area contributed by atoms with Gasteiger partial charge in [-0.15, -0.1) is 0 Å². The number of nitrogens with one attached hydrogen (secondary N) is 1. The van der Waals surface area contributed by atoms with Crippen molar-refractivity contribution in [2.45, 2.75) is 26.3 Å². The highest BCUT2D eigenvalue weighted by Crippen LogP contribution is 2.09. The van der Waals surface area contributed by atoms with Crippen LogP contribution in [0.2, 0.25) is 0 Å². The summed E-state index contributed by atoms with van der Waals surface area (Å²) in [4.78, 5) is 11.7. The summed E-state index contributed by atoms with van der Waals surface area (Å²) >= 11 is 0. The number of halogens is 1. The SMILES string of the molecule is Cc1cc(F)ccc1C(=O)NCCC(C)N. The van der Waals surface area contributed by atoms with Crippen LogP contribution in [0.15, 0.2) is 18.2 Å². The van der Waals surface area contributed by atoms with Gasteiger partial charge in [-0.05, 0) is 44.0 Å². The highest BCUT2D eigenvalue weighted by molar-refractivity contribution is 5.95. The lowest BCUT2D eigenvalue weighted by atomic mass is 10.1. The molecular formula is C12H17FN2O. The number of rotatable bonds is 4. The lowest BCUT2D eigenvalue weighted by molar-refractivity contribution is 0.0952. The molecule has 3 nitrogen and oxygen atoms in total. The van der Waals surface area contributed by atoms with Gasteiger partial charge in [0.1, 0.15) is 5.82 Å². The van der Waals surface area contributed by atoms with Crippen molar-refractivity contribution >= 4 is 5.91 Å². The van der Waals surface area contributed by atoms with Gasteiger partial charge in [-0.3, -0.25) is 4.79 Å². The van der Waals surface area contributed by atoms with Crippen LogP contribution in [0.25, 0.3) is 0 Å². The van der Waals surface area contributed by atoms with Crippen molar-refractivity contribution in [3.05, 3.63) is 35.1 Å². The zero-order valence-electron chi connectivity index (χ0n) is 9.59. The van der Waals surface area contributed by atoms with E-state index in [1.165, 1.54) is 18.2 Å². The molecule has 1 aromatic carbocycles. The molecule has 0 aromatic heterocycles. The standard InChI is InChI=1S/C12H17FN2O/c1-8-7-10(13)3-4-11(8)12(16)15-6-5-9(2)14/h3-4,7,9H,5-6,14H2,1-2H3,(H,15,16). The Kier molecular flexibility index (Phi) is 4.43. The van der Waals surface area contributed by atoms with Crippen LogP contribution in [-0.2, 0) is 0 Å². The van der Waals surface area contributed by atoms with Crippen LogP contribution in [0.5, 0.6) is 0 Å². The molecule has 1 amide bonds. The van der Waals surface area contributed by atoms with Crippen molar-refractivity contribution in [1.82, 2.24) is 5.32 Å². The minimum absolute atomic E-state index is 0.0645. The van der Waals surface area contributed by atoms with E-state index in [0.717, 1.165) is 6.42 Å². The Balaban J connectivity index is 2.59. The van der Waals surface area contributed by atoms with Gasteiger partial charge in [0.25, 0.3) is 5.91 Å². The second kappa shape index (κ2) is 5.61. The predicted octanol–water partition coefficient (Wildman–Crippen LogP) is 1.60. The average Bonchev–Trinajstić information content (AvgIpc) is 2.16. The Morgan fingerprint density at radius 2 is 2.25 bits per heavy atom. The van der Waals surface area contributed by atoms with E-state index >= 15 is 0 Å². The van der Waals surface area contributed by atoms with Gasteiger partial charge >= 0.3 is 0 Å². The smallest absolute Gasteiger partial charge is 0.251 e. The summed E-state index contributed by atoms with van der Waals surface area (Å²) in [5, 5.41) is 2.75. The minimum Gasteiger partial charge on any atom is -0.352 e. The fraction of sp³-hybridized carbons (Fsp3) is 0.417. The summed E-state index contributed by atoms with van der Waals surface area (Å²) in [6.45, 7) is 4.13. The van der Waals surface area contributed by atoms with E-state index < -0.39 is 0 Å². The molecule has 0 fully saturated rings. The summed E-state index contributed by atoms with van der Waals surface area (Å²) in [5.41, 5.74) is 6.71. The largest absolute Gasteiger partial charge is 0.352 e. The quantitative estimate of drug-likeness (QED) is 0.816. The summed E-state index contributed by atoms with van der Waals surface area (Å²) in [5.74, 6) is -0.511. The second-order valence-corrected chi connectivity index (χ2v) is 3.98. The minimum atomic E-state index is -0.329. The third kappa shape index (κ3) is 3.62. The predicted molar refractivity (Wildman–Crippen MR) is 61.7 cm³/mol. The number of carbonyl (C=O) groups excluding carboxylic acids is 1. The lowest BCUT2D eigenvalue weighted by Gasteiger charge is -2.09. The van der Waals surface area contributed by atoms with Crippen LogP contribution in [0.4, 0.5) is 4.39 Å². The van der Waals surface area contributed by atoms with E-state index in [1.54, 1.807) is 6.92 Å². The second-order valence-electron chi connectivity index (χ2n) is 3.98. The Morgan fingerprint density at radius 1 is 1.56 bits per heavy atom. The Hall–Kier alpha value is -1.42. The van der Waals surface area contributed by atoms with Crippen molar-refractivity contribution < 1.29 is 9.18 Å². The Bertz CT molecular complexity index is 377. The highest BCUT2D eigenvalue weighted by Gasteiger charge is 2.08. The molecule has 1 atom stereocenters. The topological polar surface area (TPSA) is 55.1 Å². The molecule has 0 aliphatic carbocycles. The number of amides is 1. The maximum absolute atomic E-state index is 12.8. The molecule has 3 N–H and O–H groups in total. The van der Waals surface area contributed by atoms with Gasteiger partial charge in [-0.25, -0.2) is 4.39 Å². The van der Waals surface area contributed by atoms with Crippen molar-refractivity contribution in [3.8, 4) is 0 Å². The van der Waals surface area contributed by atoms with Gasteiger partial charge in [0, 0.05) is 18.2 Å². The summed E-state index contributed by atoms with van der Waals surface area (Å²) in [6.07, 6.45) is 0.728. The molecule has 1 rings (SSSR count). The Morgan fingerprint density at radius 3 is 2.81 bits per heavy atom. The van der Waals surface area contributed by atoms with Crippen LogP contribution in [0.1, 0.15) is 29.3 Å². The molecule has 16 heavy (non-hydrogen) atoms. The molecule has 1 aromatic rings. The van der Waals surface area contributed by atoms with Crippen LogP contribution in [0, 0.1) is 12.7 Å². The van der Waals surface area contributed by atoms with Gasteiger partial charge in [-0.1, -0.05) is 0 Å². The van der Waals surface area contributed by atoms with Crippen LogP contribution in [0.3, 0.4) is 0 Å².